The summed E-state index contributed by atoms with van der Waals surface area (Å²) in [5.74, 6) is -1.50. The number of hydrogen-bond acceptors (Lipinski definition) is 4. The number of imide groups is 2. The van der Waals surface area contributed by atoms with Crippen LogP contribution in [0.2, 0.25) is 5.02 Å². The third-order valence-electron chi connectivity index (χ3n) is 4.14. The van der Waals surface area contributed by atoms with Gasteiger partial charge in [0.05, 0.1) is 7.05 Å². The Hall–Kier alpha value is -2.22. The largest absolute Gasteiger partial charge is 0.338 e. The molecule has 1 aliphatic heterocycles. The first kappa shape index (κ1) is 18.6. The zero-order valence-electron chi connectivity index (χ0n) is 14.3. The molecule has 26 heavy (non-hydrogen) atoms. The van der Waals surface area contributed by atoms with Gasteiger partial charge >= 0.3 is 17.8 Å². The van der Waals surface area contributed by atoms with Crippen LogP contribution in [0.15, 0.2) is 41.8 Å². The quantitative estimate of drug-likeness (QED) is 0.572. The van der Waals surface area contributed by atoms with E-state index < -0.39 is 17.8 Å². The first-order valence-corrected chi connectivity index (χ1v) is 9.47. The Bertz CT molecular complexity index is 808. The van der Waals surface area contributed by atoms with Gasteiger partial charge in [-0.1, -0.05) is 29.8 Å². The highest BCUT2D eigenvalue weighted by atomic mass is 35.5. The number of hydrogen-bond donors (Lipinski definition) is 1. The van der Waals surface area contributed by atoms with E-state index in [2.05, 4.69) is 0 Å². The molecule has 0 radical (unpaired) electrons. The average molecular weight is 393 g/mol. The topological polar surface area (TPSA) is 62.1 Å². The molecule has 1 aliphatic rings. The van der Waals surface area contributed by atoms with Crippen LogP contribution < -0.4 is 4.90 Å². The van der Waals surface area contributed by atoms with Gasteiger partial charge in [-0.15, -0.1) is 11.3 Å². The molecule has 0 bridgehead atoms. The molecule has 8 heteroatoms. The van der Waals surface area contributed by atoms with Crippen molar-refractivity contribution in [3.05, 3.63) is 57.2 Å². The highest BCUT2D eigenvalue weighted by Crippen LogP contribution is 2.15. The molecule has 2 aromatic rings. The molecule has 4 amide bonds. The van der Waals surface area contributed by atoms with Crippen LogP contribution in [0.5, 0.6) is 0 Å². The minimum absolute atomic E-state index is 0.140. The van der Waals surface area contributed by atoms with Crippen molar-refractivity contribution < 1.29 is 19.3 Å². The fourth-order valence-corrected chi connectivity index (χ4v) is 3.66. The van der Waals surface area contributed by atoms with Crippen molar-refractivity contribution in [3.8, 4) is 0 Å². The smallest absolute Gasteiger partial charge is 0.316 e. The first-order chi connectivity index (χ1) is 12.5. The van der Waals surface area contributed by atoms with E-state index in [9.17, 15) is 14.4 Å². The van der Waals surface area contributed by atoms with Crippen LogP contribution >= 0.6 is 22.9 Å². The molecule has 1 fully saturated rings. The van der Waals surface area contributed by atoms with Gasteiger partial charge in [0.25, 0.3) is 0 Å². The average Bonchev–Trinajstić information content (AvgIpc) is 3.20. The highest BCUT2D eigenvalue weighted by Gasteiger charge is 2.45. The molecule has 1 atom stereocenters. The molecule has 0 aliphatic carbocycles. The molecule has 0 spiro atoms. The minimum Gasteiger partial charge on any atom is -0.316 e. The van der Waals surface area contributed by atoms with Crippen LogP contribution in [0.25, 0.3) is 0 Å². The molecule has 1 aromatic carbocycles. The molecule has 3 rings (SSSR count). The van der Waals surface area contributed by atoms with Crippen molar-refractivity contribution in [1.29, 1.82) is 0 Å². The van der Waals surface area contributed by atoms with Crippen molar-refractivity contribution in [3.63, 3.8) is 0 Å². The normalized spacial score (nSPS) is 15.8. The maximum absolute atomic E-state index is 12.5. The summed E-state index contributed by atoms with van der Waals surface area (Å²) < 4.78 is 0. The van der Waals surface area contributed by atoms with Gasteiger partial charge in [0, 0.05) is 28.4 Å². The van der Waals surface area contributed by atoms with Crippen LogP contribution in [-0.2, 0) is 22.6 Å². The van der Waals surface area contributed by atoms with E-state index in [1.54, 1.807) is 23.5 Å². The third kappa shape index (κ3) is 4.12. The number of benzene rings is 1. The predicted molar refractivity (Wildman–Crippen MR) is 98.9 cm³/mol. The zero-order chi connectivity index (χ0) is 18.7. The second-order valence-corrected chi connectivity index (χ2v) is 7.69. The van der Waals surface area contributed by atoms with E-state index in [0.29, 0.717) is 18.0 Å². The van der Waals surface area contributed by atoms with Crippen molar-refractivity contribution in [2.45, 2.75) is 13.0 Å². The summed E-state index contributed by atoms with van der Waals surface area (Å²) in [5.41, 5.74) is 1.03. The van der Waals surface area contributed by atoms with Crippen LogP contribution in [0.4, 0.5) is 4.79 Å². The van der Waals surface area contributed by atoms with Crippen molar-refractivity contribution >= 4 is 40.8 Å². The SMILES string of the molecule is C[NH+](Cc1ccc(Cl)cc1)CN1C(=O)C(=O)N(CCc2cccs2)C1=O. The minimum atomic E-state index is -0.753. The fraction of sp³-hybridized carbons (Fsp3) is 0.278. The molecule has 1 unspecified atom stereocenters. The third-order valence-corrected chi connectivity index (χ3v) is 5.33. The van der Waals surface area contributed by atoms with Gasteiger partial charge in [-0.2, -0.15) is 0 Å². The zero-order valence-corrected chi connectivity index (χ0v) is 15.8. The summed E-state index contributed by atoms with van der Waals surface area (Å²) in [6.07, 6.45) is 0.559. The van der Waals surface area contributed by atoms with E-state index in [1.807, 2.05) is 36.7 Å². The first-order valence-electron chi connectivity index (χ1n) is 8.21. The monoisotopic (exact) mass is 392 g/mol. The molecule has 2 heterocycles. The van der Waals surface area contributed by atoms with Gasteiger partial charge in [-0.25, -0.2) is 9.69 Å². The second-order valence-electron chi connectivity index (χ2n) is 6.22. The Morgan fingerprint density at radius 2 is 1.73 bits per heavy atom. The maximum Gasteiger partial charge on any atom is 0.338 e. The van der Waals surface area contributed by atoms with Gasteiger partial charge in [0.1, 0.15) is 6.54 Å². The summed E-state index contributed by atoms with van der Waals surface area (Å²) >= 11 is 7.44. The number of urea groups is 1. The van der Waals surface area contributed by atoms with Crippen LogP contribution in [0, 0.1) is 0 Å². The Kier molecular flexibility index (Phi) is 5.70. The Morgan fingerprint density at radius 3 is 2.38 bits per heavy atom. The molecule has 0 saturated carbocycles. The van der Waals surface area contributed by atoms with Crippen LogP contribution in [0.3, 0.4) is 0 Å². The lowest BCUT2D eigenvalue weighted by Gasteiger charge is -2.20. The van der Waals surface area contributed by atoms with Crippen molar-refractivity contribution in [2.75, 3.05) is 20.3 Å². The second kappa shape index (κ2) is 7.99. The maximum atomic E-state index is 12.5. The van der Waals surface area contributed by atoms with Gasteiger partial charge < -0.3 is 4.90 Å². The standard InChI is InChI=1S/C18H18ClN3O3S/c1-20(11-13-4-6-14(19)7-5-13)12-22-17(24)16(23)21(18(22)25)9-8-15-3-2-10-26-15/h2-7,10H,8-9,11-12H2,1H3/p+1. The van der Waals surface area contributed by atoms with Gasteiger partial charge in [0.2, 0.25) is 0 Å². The van der Waals surface area contributed by atoms with Gasteiger partial charge in [0.15, 0.2) is 6.67 Å². The molecule has 136 valence electrons. The lowest BCUT2D eigenvalue weighted by Crippen LogP contribution is -3.09. The molecule has 1 saturated heterocycles. The number of thiophene rings is 1. The summed E-state index contributed by atoms with van der Waals surface area (Å²) in [5, 5.41) is 2.60. The Morgan fingerprint density at radius 1 is 1.04 bits per heavy atom. The summed E-state index contributed by atoms with van der Waals surface area (Å²) in [6.45, 7) is 0.968. The Balaban J connectivity index is 1.60. The number of carbonyl (C=O) groups is 3. The lowest BCUT2D eigenvalue weighted by atomic mass is 10.2. The number of nitrogens with one attached hydrogen (secondary N) is 1. The van der Waals surface area contributed by atoms with Crippen molar-refractivity contribution in [2.24, 2.45) is 0 Å². The number of rotatable bonds is 7. The van der Waals surface area contributed by atoms with E-state index in [-0.39, 0.29) is 13.2 Å². The van der Waals surface area contributed by atoms with Gasteiger partial charge in [-0.3, -0.25) is 14.5 Å². The van der Waals surface area contributed by atoms with Crippen LogP contribution in [-0.4, -0.2) is 47.9 Å². The van der Waals surface area contributed by atoms with Crippen LogP contribution in [0.1, 0.15) is 10.4 Å². The highest BCUT2D eigenvalue weighted by molar-refractivity contribution is 7.09. The fourth-order valence-electron chi connectivity index (χ4n) is 2.84. The number of carbonyl (C=O) groups excluding carboxylic acids is 3. The predicted octanol–water partition coefficient (Wildman–Crippen LogP) is 1.41. The van der Waals surface area contributed by atoms with E-state index >= 15 is 0 Å². The van der Waals surface area contributed by atoms with Crippen molar-refractivity contribution in [1.82, 2.24) is 9.80 Å². The molecular formula is C18H19ClN3O3S+. The van der Waals surface area contributed by atoms with E-state index in [1.165, 1.54) is 0 Å². The summed E-state index contributed by atoms with van der Waals surface area (Å²) in [4.78, 5) is 40.9. The lowest BCUT2D eigenvalue weighted by molar-refractivity contribution is -0.901. The van der Waals surface area contributed by atoms with E-state index in [0.717, 1.165) is 25.1 Å². The number of quaternary nitrogens is 1. The molecular weight excluding hydrogens is 374 g/mol. The molecule has 6 nitrogen and oxygen atoms in total. The molecule has 1 N–H and O–H groups in total. The summed E-state index contributed by atoms with van der Waals surface area (Å²) in [7, 11) is 1.87. The number of nitrogens with zero attached hydrogens (tertiary/aromatic N) is 2. The summed E-state index contributed by atoms with van der Waals surface area (Å²) in [6, 6.07) is 10.7. The number of amides is 4. The van der Waals surface area contributed by atoms with Gasteiger partial charge in [-0.05, 0) is 23.6 Å². The van der Waals surface area contributed by atoms with E-state index in [4.69, 9.17) is 11.6 Å². The Labute approximate surface area is 160 Å². The molecule has 1 aromatic heterocycles. The number of halogens is 1.